The molecule has 0 bridgehead atoms. The number of carbonyl (C=O) groups is 1. The number of hydrogen-bond acceptors (Lipinski definition) is 5. The molecule has 0 spiro atoms. The van der Waals surface area contributed by atoms with Gasteiger partial charge in [-0.2, -0.15) is 0 Å². The summed E-state index contributed by atoms with van der Waals surface area (Å²) in [5.74, 6) is -0.0441. The van der Waals surface area contributed by atoms with Gasteiger partial charge in [-0.05, 0) is 35.4 Å². The third kappa shape index (κ3) is 3.51. The molecule has 26 heavy (non-hydrogen) atoms. The zero-order valence-electron chi connectivity index (χ0n) is 15.0. The van der Waals surface area contributed by atoms with Crippen LogP contribution in [0, 0.1) is 10.1 Å². The van der Waals surface area contributed by atoms with Crippen LogP contribution in [-0.2, 0) is 10.2 Å². The van der Waals surface area contributed by atoms with E-state index in [2.05, 4.69) is 9.88 Å². The van der Waals surface area contributed by atoms with E-state index in [4.69, 9.17) is 0 Å². The highest BCUT2D eigenvalue weighted by atomic mass is 16.6. The Hall–Kier alpha value is -2.96. The van der Waals surface area contributed by atoms with E-state index in [9.17, 15) is 14.9 Å². The highest BCUT2D eigenvalue weighted by Crippen LogP contribution is 2.27. The van der Waals surface area contributed by atoms with E-state index in [0.29, 0.717) is 26.2 Å². The molecule has 2 aromatic rings. The second-order valence-corrected chi connectivity index (χ2v) is 6.90. The van der Waals surface area contributed by atoms with Crippen LogP contribution in [0.5, 0.6) is 0 Å². The molecule has 1 aliphatic rings. The summed E-state index contributed by atoms with van der Waals surface area (Å²) in [6.07, 6.45) is 1.52. The molecule has 0 atom stereocenters. The van der Waals surface area contributed by atoms with Gasteiger partial charge in [-0.15, -0.1) is 0 Å². The van der Waals surface area contributed by atoms with Gasteiger partial charge in [0.25, 0.3) is 0 Å². The van der Waals surface area contributed by atoms with Crippen molar-refractivity contribution in [3.63, 3.8) is 0 Å². The predicted molar refractivity (Wildman–Crippen MR) is 99.2 cm³/mol. The Morgan fingerprint density at radius 1 is 1.08 bits per heavy atom. The van der Waals surface area contributed by atoms with E-state index in [0.717, 1.165) is 11.3 Å². The first-order chi connectivity index (χ1) is 12.4. The van der Waals surface area contributed by atoms with Crippen molar-refractivity contribution >= 4 is 17.4 Å². The van der Waals surface area contributed by atoms with Crippen LogP contribution >= 0.6 is 0 Å². The molecule has 7 heteroatoms. The molecule has 2 heterocycles. The second-order valence-electron chi connectivity index (χ2n) is 6.90. The number of aromatic nitrogens is 1. The van der Waals surface area contributed by atoms with E-state index in [1.165, 1.54) is 12.3 Å². The van der Waals surface area contributed by atoms with Gasteiger partial charge in [0.1, 0.15) is 0 Å². The molecular formula is C19H22N4O3. The number of nitrogens with zero attached hydrogens (tertiary/aromatic N) is 4. The van der Waals surface area contributed by atoms with Gasteiger partial charge in [0.2, 0.25) is 5.91 Å². The molecular weight excluding hydrogens is 332 g/mol. The first-order valence-corrected chi connectivity index (χ1v) is 8.60. The Balaban J connectivity index is 1.64. The minimum absolute atomic E-state index is 0.116. The van der Waals surface area contributed by atoms with Crippen molar-refractivity contribution < 1.29 is 9.72 Å². The molecule has 0 saturated carbocycles. The maximum Gasteiger partial charge on any atom is 0.363 e. The second kappa shape index (κ2) is 7.11. The third-order valence-corrected chi connectivity index (χ3v) is 4.88. The summed E-state index contributed by atoms with van der Waals surface area (Å²) < 4.78 is 0. The van der Waals surface area contributed by atoms with Crippen molar-refractivity contribution in [2.45, 2.75) is 19.3 Å². The first kappa shape index (κ1) is 17.8. The Morgan fingerprint density at radius 3 is 2.27 bits per heavy atom. The van der Waals surface area contributed by atoms with E-state index in [1.54, 1.807) is 6.07 Å². The third-order valence-electron chi connectivity index (χ3n) is 4.88. The molecule has 0 aliphatic carbocycles. The van der Waals surface area contributed by atoms with Crippen LogP contribution in [0.2, 0.25) is 0 Å². The number of carbonyl (C=O) groups excluding carboxylic acids is 1. The fourth-order valence-corrected chi connectivity index (χ4v) is 3.21. The van der Waals surface area contributed by atoms with Crippen molar-refractivity contribution in [2.75, 3.05) is 31.1 Å². The Labute approximate surface area is 152 Å². The first-order valence-electron chi connectivity index (χ1n) is 8.60. The number of rotatable bonds is 4. The van der Waals surface area contributed by atoms with Gasteiger partial charge in [0, 0.05) is 32.2 Å². The molecule has 136 valence electrons. The number of nitro groups is 1. The molecule has 1 aromatic carbocycles. The molecule has 0 unspecified atom stereocenters. The standard InChI is InChI=1S/C19H22N4O3/c1-19(2,15-6-4-3-5-7-15)18(24)22-12-10-21(11-13-22)16-8-9-17(20-14-16)23(25)26/h3-9,14H,10-13H2,1-2H3. The van der Waals surface area contributed by atoms with Crippen molar-refractivity contribution in [3.8, 4) is 0 Å². The summed E-state index contributed by atoms with van der Waals surface area (Å²) in [7, 11) is 0. The smallest absolute Gasteiger partial charge is 0.363 e. The minimum atomic E-state index is -0.571. The summed E-state index contributed by atoms with van der Waals surface area (Å²) in [5, 5.41) is 10.7. The summed E-state index contributed by atoms with van der Waals surface area (Å²) in [4.78, 5) is 31.0. The number of amides is 1. The molecule has 1 aliphatic heterocycles. The quantitative estimate of drug-likeness (QED) is 0.623. The molecule has 1 amide bonds. The van der Waals surface area contributed by atoms with Crippen LogP contribution in [0.1, 0.15) is 19.4 Å². The lowest BCUT2D eigenvalue weighted by Crippen LogP contribution is -2.53. The molecule has 1 aromatic heterocycles. The van der Waals surface area contributed by atoms with Crippen molar-refractivity contribution in [1.29, 1.82) is 0 Å². The number of anilines is 1. The van der Waals surface area contributed by atoms with Crippen LogP contribution in [0.3, 0.4) is 0 Å². The van der Waals surface area contributed by atoms with Gasteiger partial charge in [0.05, 0.1) is 11.1 Å². The molecule has 3 rings (SSSR count). The molecule has 1 fully saturated rings. The number of pyridine rings is 1. The predicted octanol–water partition coefficient (Wildman–Crippen LogP) is 2.62. The Kier molecular flexibility index (Phi) is 4.88. The number of hydrogen-bond donors (Lipinski definition) is 0. The van der Waals surface area contributed by atoms with Crippen molar-refractivity contribution in [3.05, 3.63) is 64.3 Å². The Morgan fingerprint density at radius 2 is 1.73 bits per heavy atom. The minimum Gasteiger partial charge on any atom is -0.365 e. The summed E-state index contributed by atoms with van der Waals surface area (Å²) in [6, 6.07) is 12.9. The maximum absolute atomic E-state index is 13.0. The van der Waals surface area contributed by atoms with Crippen LogP contribution in [0.25, 0.3) is 0 Å². The maximum atomic E-state index is 13.0. The topological polar surface area (TPSA) is 79.6 Å². The Bertz CT molecular complexity index is 782. The van der Waals surface area contributed by atoms with E-state index in [-0.39, 0.29) is 11.7 Å². The van der Waals surface area contributed by atoms with E-state index < -0.39 is 10.3 Å². The normalized spacial score (nSPS) is 15.0. The lowest BCUT2D eigenvalue weighted by atomic mass is 9.83. The van der Waals surface area contributed by atoms with Crippen LogP contribution in [0.15, 0.2) is 48.7 Å². The molecule has 7 nitrogen and oxygen atoms in total. The molecule has 0 N–H and O–H groups in total. The van der Waals surface area contributed by atoms with Crippen LogP contribution in [-0.4, -0.2) is 46.9 Å². The lowest BCUT2D eigenvalue weighted by molar-refractivity contribution is -0.389. The van der Waals surface area contributed by atoms with Gasteiger partial charge in [0.15, 0.2) is 6.20 Å². The van der Waals surface area contributed by atoms with Crippen molar-refractivity contribution in [2.24, 2.45) is 0 Å². The lowest BCUT2D eigenvalue weighted by Gasteiger charge is -2.39. The van der Waals surface area contributed by atoms with E-state index in [1.807, 2.05) is 49.1 Å². The average molecular weight is 354 g/mol. The summed E-state index contributed by atoms with van der Waals surface area (Å²) in [6.45, 7) is 6.50. The zero-order valence-corrected chi connectivity index (χ0v) is 15.0. The zero-order chi connectivity index (χ0) is 18.7. The van der Waals surface area contributed by atoms with Crippen LogP contribution in [0.4, 0.5) is 11.5 Å². The number of benzene rings is 1. The monoisotopic (exact) mass is 354 g/mol. The average Bonchev–Trinajstić information content (AvgIpc) is 2.68. The highest BCUT2D eigenvalue weighted by Gasteiger charge is 2.35. The van der Waals surface area contributed by atoms with Crippen molar-refractivity contribution in [1.82, 2.24) is 9.88 Å². The molecule has 0 radical (unpaired) electrons. The summed E-state index contributed by atoms with van der Waals surface area (Å²) in [5.41, 5.74) is 1.27. The van der Waals surface area contributed by atoms with E-state index >= 15 is 0 Å². The fourth-order valence-electron chi connectivity index (χ4n) is 3.21. The van der Waals surface area contributed by atoms with Gasteiger partial charge in [-0.25, -0.2) is 0 Å². The van der Waals surface area contributed by atoms with Gasteiger partial charge in [-0.3, -0.25) is 4.79 Å². The summed E-state index contributed by atoms with van der Waals surface area (Å²) >= 11 is 0. The highest BCUT2D eigenvalue weighted by molar-refractivity contribution is 5.87. The van der Waals surface area contributed by atoms with Gasteiger partial charge >= 0.3 is 5.82 Å². The molecule has 1 saturated heterocycles. The van der Waals surface area contributed by atoms with Gasteiger partial charge < -0.3 is 19.9 Å². The number of piperazine rings is 1. The fraction of sp³-hybridized carbons (Fsp3) is 0.368. The largest absolute Gasteiger partial charge is 0.365 e. The van der Waals surface area contributed by atoms with Crippen LogP contribution < -0.4 is 4.90 Å². The SMILES string of the molecule is CC(C)(C(=O)N1CCN(c2ccc([N+](=O)[O-])nc2)CC1)c1ccccc1. The van der Waals surface area contributed by atoms with Gasteiger partial charge in [-0.1, -0.05) is 30.3 Å².